The van der Waals surface area contributed by atoms with E-state index in [0.717, 1.165) is 9.88 Å². The highest BCUT2D eigenvalue weighted by Gasteiger charge is 2.12. The molecule has 5 heteroatoms. The van der Waals surface area contributed by atoms with E-state index in [1.165, 1.54) is 18.2 Å². The third-order valence-electron chi connectivity index (χ3n) is 2.87. The van der Waals surface area contributed by atoms with E-state index < -0.39 is 11.6 Å². The molecule has 1 atom stereocenters. The number of halogens is 2. The first-order valence-electron chi connectivity index (χ1n) is 6.14. The second kappa shape index (κ2) is 6.21. The number of rotatable bonds is 5. The molecule has 19 heavy (non-hydrogen) atoms. The minimum Gasteiger partial charge on any atom is -0.309 e. The molecular formula is C14H16F2N2S. The molecule has 0 bridgehead atoms. The fourth-order valence-electron chi connectivity index (χ4n) is 1.87. The normalized spacial score (nSPS) is 12.6. The van der Waals surface area contributed by atoms with Gasteiger partial charge in [0.2, 0.25) is 0 Å². The first-order chi connectivity index (χ1) is 9.06. The van der Waals surface area contributed by atoms with Gasteiger partial charge in [0.15, 0.2) is 0 Å². The minimum absolute atomic E-state index is 0.00574. The largest absolute Gasteiger partial charge is 0.309 e. The number of nitrogens with zero attached hydrogens (tertiary/aromatic N) is 1. The van der Waals surface area contributed by atoms with E-state index in [-0.39, 0.29) is 11.6 Å². The Kier molecular flexibility index (Phi) is 4.61. The van der Waals surface area contributed by atoms with Gasteiger partial charge in [-0.05, 0) is 32.4 Å². The summed E-state index contributed by atoms with van der Waals surface area (Å²) in [6.45, 7) is 4.54. The van der Waals surface area contributed by atoms with Crippen LogP contribution in [0.5, 0.6) is 0 Å². The number of aryl methyl sites for hydroxylation is 1. The summed E-state index contributed by atoms with van der Waals surface area (Å²) in [4.78, 5) is 5.29. The third kappa shape index (κ3) is 3.81. The summed E-state index contributed by atoms with van der Waals surface area (Å²) < 4.78 is 27.0. The van der Waals surface area contributed by atoms with E-state index >= 15 is 0 Å². The van der Waals surface area contributed by atoms with E-state index in [1.807, 2.05) is 20.0 Å². The maximum Gasteiger partial charge on any atom is 0.129 e. The lowest BCUT2D eigenvalue weighted by atomic mass is 10.1. The van der Waals surface area contributed by atoms with Crippen LogP contribution < -0.4 is 5.32 Å². The Morgan fingerprint density at radius 1 is 1.32 bits per heavy atom. The van der Waals surface area contributed by atoms with Gasteiger partial charge >= 0.3 is 0 Å². The van der Waals surface area contributed by atoms with Gasteiger partial charge in [-0.15, -0.1) is 11.3 Å². The molecule has 0 aliphatic carbocycles. The Labute approximate surface area is 115 Å². The molecule has 102 valence electrons. The number of hydrogen-bond acceptors (Lipinski definition) is 3. The number of hydrogen-bond donors (Lipinski definition) is 1. The van der Waals surface area contributed by atoms with Crippen LogP contribution in [0, 0.1) is 18.6 Å². The zero-order chi connectivity index (χ0) is 13.8. The van der Waals surface area contributed by atoms with Gasteiger partial charge in [0, 0.05) is 29.2 Å². The monoisotopic (exact) mass is 282 g/mol. The molecule has 2 aromatic rings. The smallest absolute Gasteiger partial charge is 0.129 e. The highest BCUT2D eigenvalue weighted by molar-refractivity contribution is 7.11. The third-order valence-corrected chi connectivity index (χ3v) is 3.78. The van der Waals surface area contributed by atoms with Crippen molar-refractivity contribution in [3.05, 3.63) is 51.5 Å². The molecule has 0 fully saturated rings. The van der Waals surface area contributed by atoms with Gasteiger partial charge in [-0.3, -0.25) is 0 Å². The molecule has 0 aliphatic rings. The quantitative estimate of drug-likeness (QED) is 0.908. The molecule has 0 radical (unpaired) electrons. The van der Waals surface area contributed by atoms with Crippen LogP contribution in [0.4, 0.5) is 8.78 Å². The second-order valence-electron chi connectivity index (χ2n) is 4.53. The summed E-state index contributed by atoms with van der Waals surface area (Å²) in [6.07, 6.45) is 2.15. The number of aromatic nitrogens is 1. The maximum atomic E-state index is 13.5. The van der Waals surface area contributed by atoms with Crippen molar-refractivity contribution in [2.24, 2.45) is 0 Å². The predicted octanol–water partition coefficient (Wildman–Crippen LogP) is 3.45. The maximum absolute atomic E-state index is 13.5. The van der Waals surface area contributed by atoms with Gasteiger partial charge in [-0.25, -0.2) is 13.8 Å². The Balaban J connectivity index is 1.92. The molecule has 0 amide bonds. The van der Waals surface area contributed by atoms with E-state index in [9.17, 15) is 8.78 Å². The average molecular weight is 282 g/mol. The average Bonchev–Trinajstić information content (AvgIpc) is 2.77. The fraction of sp³-hybridized carbons (Fsp3) is 0.357. The molecule has 2 nitrogen and oxygen atoms in total. The van der Waals surface area contributed by atoms with Gasteiger partial charge in [0.25, 0.3) is 0 Å². The van der Waals surface area contributed by atoms with Crippen LogP contribution in [0.1, 0.15) is 22.4 Å². The van der Waals surface area contributed by atoms with Crippen LogP contribution >= 0.6 is 11.3 Å². The molecule has 0 saturated carbocycles. The molecule has 0 saturated heterocycles. The highest BCUT2D eigenvalue weighted by atomic mass is 32.1. The highest BCUT2D eigenvalue weighted by Crippen LogP contribution is 2.15. The summed E-state index contributed by atoms with van der Waals surface area (Å²) in [5.74, 6) is -0.968. The molecule has 0 aliphatic heterocycles. The number of nitrogens with one attached hydrogen (secondary N) is 1. The van der Waals surface area contributed by atoms with Crippen LogP contribution in [0.2, 0.25) is 0 Å². The van der Waals surface area contributed by atoms with Crippen molar-refractivity contribution >= 4 is 11.3 Å². The van der Waals surface area contributed by atoms with Crippen LogP contribution in [0.3, 0.4) is 0 Å². The summed E-state index contributed by atoms with van der Waals surface area (Å²) in [5, 5.41) is 4.27. The van der Waals surface area contributed by atoms with E-state index in [4.69, 9.17) is 0 Å². The Morgan fingerprint density at radius 2 is 2.00 bits per heavy atom. The van der Waals surface area contributed by atoms with Gasteiger partial charge < -0.3 is 5.32 Å². The van der Waals surface area contributed by atoms with Crippen LogP contribution in [0.25, 0.3) is 0 Å². The van der Waals surface area contributed by atoms with Crippen LogP contribution in [0.15, 0.2) is 24.4 Å². The SMILES string of the molecule is Cc1ncc(CNC(C)Cc2c(F)cccc2F)s1. The summed E-state index contributed by atoms with van der Waals surface area (Å²) in [7, 11) is 0. The Bertz CT molecular complexity index is 534. The molecular weight excluding hydrogens is 266 g/mol. The molecule has 1 unspecified atom stereocenters. The van der Waals surface area contributed by atoms with Gasteiger partial charge in [0.05, 0.1) is 5.01 Å². The lowest BCUT2D eigenvalue weighted by molar-refractivity contribution is 0.500. The van der Waals surface area contributed by atoms with Crippen molar-refractivity contribution in [3.8, 4) is 0 Å². The fourth-order valence-corrected chi connectivity index (χ4v) is 2.61. The van der Waals surface area contributed by atoms with Crippen molar-refractivity contribution < 1.29 is 8.78 Å². The first kappa shape index (κ1) is 14.1. The molecule has 0 spiro atoms. The van der Waals surface area contributed by atoms with Crippen molar-refractivity contribution in [1.82, 2.24) is 10.3 Å². The topological polar surface area (TPSA) is 24.9 Å². The molecule has 1 aromatic heterocycles. The van der Waals surface area contributed by atoms with Crippen molar-refractivity contribution in [2.75, 3.05) is 0 Å². The Morgan fingerprint density at radius 3 is 2.58 bits per heavy atom. The lowest BCUT2D eigenvalue weighted by Crippen LogP contribution is -2.28. The standard InChI is InChI=1S/C14H16F2N2S/c1-9(17-7-11-8-18-10(2)19-11)6-12-13(15)4-3-5-14(12)16/h3-5,8-9,17H,6-7H2,1-2H3. The molecule has 1 heterocycles. The lowest BCUT2D eigenvalue weighted by Gasteiger charge is -2.14. The second-order valence-corrected chi connectivity index (χ2v) is 5.85. The van der Waals surface area contributed by atoms with E-state index in [2.05, 4.69) is 10.3 Å². The zero-order valence-electron chi connectivity index (χ0n) is 10.9. The number of thiazole rings is 1. The van der Waals surface area contributed by atoms with Gasteiger partial charge in [0.1, 0.15) is 11.6 Å². The van der Waals surface area contributed by atoms with Crippen molar-refractivity contribution in [2.45, 2.75) is 32.9 Å². The summed E-state index contributed by atoms with van der Waals surface area (Å²) in [5.41, 5.74) is 0.142. The summed E-state index contributed by atoms with van der Waals surface area (Å²) >= 11 is 1.62. The molecule has 1 aromatic carbocycles. The van der Waals surface area contributed by atoms with E-state index in [0.29, 0.717) is 13.0 Å². The van der Waals surface area contributed by atoms with Crippen LogP contribution in [-0.2, 0) is 13.0 Å². The van der Waals surface area contributed by atoms with Gasteiger partial charge in [-0.2, -0.15) is 0 Å². The zero-order valence-corrected chi connectivity index (χ0v) is 11.7. The minimum atomic E-state index is -0.484. The molecule has 1 N–H and O–H groups in total. The summed E-state index contributed by atoms with van der Waals surface area (Å²) in [6, 6.07) is 3.95. The van der Waals surface area contributed by atoms with Crippen molar-refractivity contribution in [1.29, 1.82) is 0 Å². The van der Waals surface area contributed by atoms with Crippen LogP contribution in [-0.4, -0.2) is 11.0 Å². The first-order valence-corrected chi connectivity index (χ1v) is 6.95. The predicted molar refractivity (Wildman–Crippen MR) is 73.2 cm³/mol. The Hall–Kier alpha value is -1.33. The van der Waals surface area contributed by atoms with Gasteiger partial charge in [-0.1, -0.05) is 6.07 Å². The number of benzene rings is 1. The molecule has 2 rings (SSSR count). The van der Waals surface area contributed by atoms with Crippen molar-refractivity contribution in [3.63, 3.8) is 0 Å². The van der Waals surface area contributed by atoms with E-state index in [1.54, 1.807) is 11.3 Å².